The van der Waals surface area contributed by atoms with Crippen LogP contribution < -0.4 is 0 Å². The van der Waals surface area contributed by atoms with Crippen LogP contribution >= 0.6 is 0 Å². The molecule has 0 aliphatic heterocycles. The largest absolute Gasteiger partial charge is 0.468 e. The minimum atomic E-state index is -0.448. The van der Waals surface area contributed by atoms with Gasteiger partial charge >= 0.3 is 5.97 Å². The molecule has 2 heterocycles. The van der Waals surface area contributed by atoms with Crippen LogP contribution in [0.2, 0.25) is 0 Å². The molecule has 6 nitrogen and oxygen atoms in total. The molecular weight excluding hydrogens is 258 g/mol. The van der Waals surface area contributed by atoms with E-state index in [0.717, 1.165) is 0 Å². The van der Waals surface area contributed by atoms with E-state index in [2.05, 4.69) is 9.72 Å². The topological polar surface area (TPSA) is 63.9 Å². The first-order valence-corrected chi connectivity index (χ1v) is 6.34. The molecule has 0 saturated carbocycles. The Morgan fingerprint density at radius 2 is 2.15 bits per heavy atom. The van der Waals surface area contributed by atoms with Gasteiger partial charge in [-0.25, -0.2) is 4.98 Å². The Bertz CT molecular complexity index is 600. The molecule has 0 saturated heterocycles. The molecule has 0 atom stereocenters. The molecule has 2 rings (SSSR count). The monoisotopic (exact) mass is 275 g/mol. The molecule has 0 aliphatic rings. The molecule has 1 amide bonds. The Balaban J connectivity index is 2.28. The van der Waals surface area contributed by atoms with E-state index < -0.39 is 5.97 Å². The number of hydrogen-bond donors (Lipinski definition) is 0. The van der Waals surface area contributed by atoms with Gasteiger partial charge in [0.2, 0.25) is 0 Å². The highest BCUT2D eigenvalue weighted by atomic mass is 16.5. The van der Waals surface area contributed by atoms with E-state index in [9.17, 15) is 9.59 Å². The van der Waals surface area contributed by atoms with Gasteiger partial charge in [-0.3, -0.25) is 9.59 Å². The average molecular weight is 275 g/mol. The molecule has 0 bridgehead atoms. The summed E-state index contributed by atoms with van der Waals surface area (Å²) in [5.41, 5.74) is 1.01. The number of esters is 1. The van der Waals surface area contributed by atoms with Gasteiger partial charge in [0.15, 0.2) is 0 Å². The first-order chi connectivity index (χ1) is 9.52. The molecule has 0 radical (unpaired) electrons. The molecule has 20 heavy (non-hydrogen) atoms. The maximum Gasteiger partial charge on any atom is 0.325 e. The van der Waals surface area contributed by atoms with Gasteiger partial charge in [0, 0.05) is 18.4 Å². The molecule has 0 spiro atoms. The van der Waals surface area contributed by atoms with Gasteiger partial charge < -0.3 is 14.0 Å². The minimum absolute atomic E-state index is 0.0825. The van der Waals surface area contributed by atoms with Crippen LogP contribution in [0.25, 0.3) is 5.65 Å². The zero-order valence-electron chi connectivity index (χ0n) is 11.7. The van der Waals surface area contributed by atoms with Crippen LogP contribution in [-0.2, 0) is 9.53 Å². The lowest BCUT2D eigenvalue weighted by molar-refractivity contribution is -0.141. The predicted molar refractivity (Wildman–Crippen MR) is 73.4 cm³/mol. The van der Waals surface area contributed by atoms with E-state index in [4.69, 9.17) is 0 Å². The maximum atomic E-state index is 12.4. The summed E-state index contributed by atoms with van der Waals surface area (Å²) in [7, 11) is 1.30. The zero-order valence-corrected chi connectivity index (χ0v) is 11.7. The van der Waals surface area contributed by atoms with Gasteiger partial charge in [0.05, 0.1) is 7.11 Å². The van der Waals surface area contributed by atoms with Gasteiger partial charge in [-0.15, -0.1) is 0 Å². The highest BCUT2D eigenvalue weighted by molar-refractivity contribution is 5.95. The standard InChI is InChI=1S/C14H17N3O3/c1-10(2)17(9-13(18)20-3)14(19)11-8-16-7-5-4-6-12(16)15-11/h4-8,10H,9H2,1-3H3. The van der Waals surface area contributed by atoms with Gasteiger partial charge in [-0.1, -0.05) is 6.07 Å². The Morgan fingerprint density at radius 3 is 2.75 bits per heavy atom. The number of methoxy groups -OCH3 is 1. The van der Waals surface area contributed by atoms with Gasteiger partial charge in [0.1, 0.15) is 17.9 Å². The second kappa shape index (κ2) is 5.73. The number of fused-ring (bicyclic) bond motifs is 1. The number of amides is 1. The van der Waals surface area contributed by atoms with Crippen molar-refractivity contribution in [1.82, 2.24) is 14.3 Å². The van der Waals surface area contributed by atoms with Crippen molar-refractivity contribution in [2.45, 2.75) is 19.9 Å². The fourth-order valence-electron chi connectivity index (χ4n) is 1.88. The summed E-state index contributed by atoms with van der Waals surface area (Å²) in [4.78, 5) is 29.5. The third kappa shape index (κ3) is 2.79. The van der Waals surface area contributed by atoms with Gasteiger partial charge in [-0.2, -0.15) is 0 Å². The third-order valence-corrected chi connectivity index (χ3v) is 2.99. The highest BCUT2D eigenvalue weighted by Gasteiger charge is 2.23. The summed E-state index contributed by atoms with van der Waals surface area (Å²) < 4.78 is 6.39. The van der Waals surface area contributed by atoms with Gasteiger partial charge in [-0.05, 0) is 26.0 Å². The van der Waals surface area contributed by atoms with Crippen LogP contribution in [0.3, 0.4) is 0 Å². The lowest BCUT2D eigenvalue weighted by Crippen LogP contribution is -2.41. The van der Waals surface area contributed by atoms with Crippen LogP contribution in [-0.4, -0.2) is 45.9 Å². The number of hydrogen-bond acceptors (Lipinski definition) is 4. The lowest BCUT2D eigenvalue weighted by atomic mass is 10.3. The molecule has 0 unspecified atom stereocenters. The summed E-state index contributed by atoms with van der Waals surface area (Å²) in [6, 6.07) is 5.41. The van der Waals surface area contributed by atoms with E-state index >= 15 is 0 Å². The first-order valence-electron chi connectivity index (χ1n) is 6.34. The normalized spacial score (nSPS) is 10.8. The van der Waals surface area contributed by atoms with Crippen molar-refractivity contribution in [3.8, 4) is 0 Å². The second-order valence-corrected chi connectivity index (χ2v) is 4.70. The van der Waals surface area contributed by atoms with Crippen molar-refractivity contribution in [3.63, 3.8) is 0 Å². The molecule has 0 aromatic carbocycles. The molecule has 6 heteroatoms. The van der Waals surface area contributed by atoms with Crippen LogP contribution in [0.4, 0.5) is 0 Å². The van der Waals surface area contributed by atoms with Crippen LogP contribution in [0.5, 0.6) is 0 Å². The molecule has 2 aromatic rings. The number of carbonyl (C=O) groups is 2. The van der Waals surface area contributed by atoms with Crippen molar-refractivity contribution >= 4 is 17.5 Å². The number of nitrogens with zero attached hydrogens (tertiary/aromatic N) is 3. The van der Waals surface area contributed by atoms with E-state index in [1.165, 1.54) is 12.0 Å². The smallest absolute Gasteiger partial charge is 0.325 e. The van der Waals surface area contributed by atoms with Crippen molar-refractivity contribution in [3.05, 3.63) is 36.3 Å². The SMILES string of the molecule is COC(=O)CN(C(=O)c1cn2ccccc2n1)C(C)C. The number of pyridine rings is 1. The molecule has 0 aliphatic carbocycles. The van der Waals surface area contributed by atoms with E-state index in [1.54, 1.807) is 10.6 Å². The zero-order chi connectivity index (χ0) is 14.7. The Hall–Kier alpha value is -2.37. The number of rotatable bonds is 4. The number of aromatic nitrogens is 2. The Labute approximate surface area is 117 Å². The van der Waals surface area contributed by atoms with Crippen molar-refractivity contribution < 1.29 is 14.3 Å². The summed E-state index contributed by atoms with van der Waals surface area (Å²) in [5, 5.41) is 0. The summed E-state index contributed by atoms with van der Waals surface area (Å²) in [6.45, 7) is 3.61. The predicted octanol–water partition coefficient (Wildman–Crippen LogP) is 1.36. The van der Waals surface area contributed by atoms with E-state index in [1.807, 2.05) is 38.2 Å². The Kier molecular flexibility index (Phi) is 4.02. The fraction of sp³-hybridized carbons (Fsp3) is 0.357. The highest BCUT2D eigenvalue weighted by Crippen LogP contribution is 2.10. The van der Waals surface area contributed by atoms with Crippen LogP contribution in [0.1, 0.15) is 24.3 Å². The molecule has 0 fully saturated rings. The molecule has 2 aromatic heterocycles. The summed E-state index contributed by atoms with van der Waals surface area (Å²) in [6.07, 6.45) is 3.48. The summed E-state index contributed by atoms with van der Waals surface area (Å²) in [5.74, 6) is -0.732. The number of imidazole rings is 1. The lowest BCUT2D eigenvalue weighted by Gasteiger charge is -2.24. The van der Waals surface area contributed by atoms with E-state index in [0.29, 0.717) is 11.3 Å². The van der Waals surface area contributed by atoms with Crippen molar-refractivity contribution in [1.29, 1.82) is 0 Å². The van der Waals surface area contributed by atoms with Crippen LogP contribution in [0.15, 0.2) is 30.6 Å². The minimum Gasteiger partial charge on any atom is -0.468 e. The maximum absolute atomic E-state index is 12.4. The molecule has 0 N–H and O–H groups in total. The molecular formula is C14H17N3O3. The first kappa shape index (κ1) is 14.0. The molecule has 106 valence electrons. The van der Waals surface area contributed by atoms with Crippen molar-refractivity contribution in [2.75, 3.05) is 13.7 Å². The quantitative estimate of drug-likeness (QED) is 0.790. The number of ether oxygens (including phenoxy) is 1. The van der Waals surface area contributed by atoms with Crippen LogP contribution in [0, 0.1) is 0 Å². The second-order valence-electron chi connectivity index (χ2n) is 4.70. The Morgan fingerprint density at radius 1 is 1.40 bits per heavy atom. The summed E-state index contributed by atoms with van der Waals surface area (Å²) >= 11 is 0. The van der Waals surface area contributed by atoms with E-state index in [-0.39, 0.29) is 18.5 Å². The fourth-order valence-corrected chi connectivity index (χ4v) is 1.88. The number of carbonyl (C=O) groups excluding carboxylic acids is 2. The van der Waals surface area contributed by atoms with Crippen molar-refractivity contribution in [2.24, 2.45) is 0 Å². The third-order valence-electron chi connectivity index (χ3n) is 2.99. The van der Waals surface area contributed by atoms with Gasteiger partial charge in [0.25, 0.3) is 5.91 Å². The average Bonchev–Trinajstić information content (AvgIpc) is 2.87.